The summed E-state index contributed by atoms with van der Waals surface area (Å²) in [4.78, 5) is 43.9. The molecule has 0 amide bonds. The predicted molar refractivity (Wildman–Crippen MR) is 123 cm³/mol. The lowest BCUT2D eigenvalue weighted by Crippen LogP contribution is -2.39. The summed E-state index contributed by atoms with van der Waals surface area (Å²) in [5, 5.41) is 11.1. The summed E-state index contributed by atoms with van der Waals surface area (Å²) in [7, 11) is 1.41. The van der Waals surface area contributed by atoms with Crippen LogP contribution < -0.4 is 16.8 Å². The monoisotopic (exact) mass is 437 g/mol. The lowest BCUT2D eigenvalue weighted by molar-refractivity contribution is 0.433. The first-order chi connectivity index (χ1) is 15.3. The number of nitrogens with zero attached hydrogens (tertiary/aromatic N) is 5. The Labute approximate surface area is 183 Å². The molecule has 0 unspecified atom stereocenters. The fraction of sp³-hybridized carbons (Fsp3) is 0.391. The zero-order valence-electron chi connectivity index (χ0n) is 18.7. The van der Waals surface area contributed by atoms with E-state index in [2.05, 4.69) is 4.98 Å². The van der Waals surface area contributed by atoms with Gasteiger partial charge in [0.25, 0.3) is 11.1 Å². The number of imidazole rings is 1. The Hall–Kier alpha value is -3.62. The third kappa shape index (κ3) is 3.34. The molecule has 0 saturated heterocycles. The lowest BCUT2D eigenvalue weighted by atomic mass is 10.1. The molecule has 32 heavy (non-hydrogen) atoms. The Kier molecular flexibility index (Phi) is 5.50. The van der Waals surface area contributed by atoms with Crippen molar-refractivity contribution in [2.45, 2.75) is 46.7 Å². The quantitative estimate of drug-likeness (QED) is 0.496. The van der Waals surface area contributed by atoms with E-state index in [1.165, 1.54) is 20.6 Å². The molecule has 0 radical (unpaired) electrons. The van der Waals surface area contributed by atoms with Crippen LogP contribution in [0.3, 0.4) is 0 Å². The highest BCUT2D eigenvalue weighted by Gasteiger charge is 2.25. The van der Waals surface area contributed by atoms with E-state index in [-0.39, 0.29) is 46.4 Å². The van der Waals surface area contributed by atoms with E-state index in [9.17, 15) is 19.5 Å². The van der Waals surface area contributed by atoms with Crippen molar-refractivity contribution in [1.29, 1.82) is 0 Å². The molecular weight excluding hydrogens is 410 g/mol. The summed E-state index contributed by atoms with van der Waals surface area (Å²) in [6, 6.07) is 9.43. The van der Waals surface area contributed by atoms with Gasteiger partial charge in [0.2, 0.25) is 11.7 Å². The van der Waals surface area contributed by atoms with Crippen LogP contribution in [0.25, 0.3) is 16.9 Å². The fourth-order valence-corrected chi connectivity index (χ4v) is 4.07. The summed E-state index contributed by atoms with van der Waals surface area (Å²) >= 11 is 0. The van der Waals surface area contributed by atoms with Crippen molar-refractivity contribution in [3.63, 3.8) is 0 Å². The molecular formula is C23H27N5O4. The maximum Gasteiger partial charge on any atom is 0.332 e. The maximum absolute atomic E-state index is 13.4. The lowest BCUT2D eigenvalue weighted by Gasteiger charge is -2.13. The smallest absolute Gasteiger partial charge is 0.332 e. The van der Waals surface area contributed by atoms with Gasteiger partial charge in [-0.25, -0.2) is 9.20 Å². The molecule has 1 N–H and O–H groups in total. The average molecular weight is 438 g/mol. The number of rotatable bonds is 6. The van der Waals surface area contributed by atoms with Crippen LogP contribution in [-0.4, -0.2) is 28.2 Å². The normalized spacial score (nSPS) is 11.8. The van der Waals surface area contributed by atoms with Gasteiger partial charge in [-0.05, 0) is 17.9 Å². The minimum Gasteiger partial charge on any atom is -0.494 e. The zero-order valence-corrected chi connectivity index (χ0v) is 18.7. The van der Waals surface area contributed by atoms with E-state index in [4.69, 9.17) is 0 Å². The summed E-state index contributed by atoms with van der Waals surface area (Å²) in [6.07, 6.45) is 0.989. The van der Waals surface area contributed by atoms with Crippen LogP contribution in [0, 0.1) is 5.92 Å². The van der Waals surface area contributed by atoms with Crippen LogP contribution in [0.1, 0.15) is 38.3 Å². The fourth-order valence-electron chi connectivity index (χ4n) is 4.07. The van der Waals surface area contributed by atoms with E-state index < -0.39 is 11.2 Å². The molecule has 3 aromatic heterocycles. The van der Waals surface area contributed by atoms with Crippen molar-refractivity contribution in [1.82, 2.24) is 23.1 Å². The van der Waals surface area contributed by atoms with Gasteiger partial charge >= 0.3 is 5.69 Å². The van der Waals surface area contributed by atoms with Gasteiger partial charge in [-0.15, -0.1) is 0 Å². The number of aromatic hydroxyl groups is 1. The third-order valence-electron chi connectivity index (χ3n) is 5.58. The summed E-state index contributed by atoms with van der Waals surface area (Å²) < 4.78 is 5.24. The molecule has 9 nitrogen and oxygen atoms in total. The van der Waals surface area contributed by atoms with Crippen molar-refractivity contribution in [2.24, 2.45) is 13.0 Å². The number of fused-ring (bicyclic) bond motifs is 3. The van der Waals surface area contributed by atoms with Crippen LogP contribution in [0.2, 0.25) is 0 Å². The molecule has 0 aliphatic carbocycles. The summed E-state index contributed by atoms with van der Waals surface area (Å²) in [5.41, 5.74) is -0.0602. The minimum atomic E-state index is -0.569. The highest BCUT2D eigenvalue weighted by atomic mass is 16.3. The Bertz CT molecular complexity index is 1490. The number of hydrogen-bond donors (Lipinski definition) is 1. The first-order valence-electron chi connectivity index (χ1n) is 10.8. The topological polar surface area (TPSA) is 104 Å². The first kappa shape index (κ1) is 21.6. The Morgan fingerprint density at radius 1 is 1.03 bits per heavy atom. The van der Waals surface area contributed by atoms with E-state index in [0.29, 0.717) is 19.4 Å². The number of hydrogen-bond acceptors (Lipinski definition) is 5. The largest absolute Gasteiger partial charge is 0.494 e. The molecule has 0 bridgehead atoms. The molecule has 0 fully saturated rings. The Morgan fingerprint density at radius 2 is 1.72 bits per heavy atom. The SMILES string of the molecule is CCCc1c(O)n2c3c(=O)n(C)c(=O)n(CC(C)C)c3nc2n(Cc2ccccc2)c1=O. The van der Waals surface area contributed by atoms with Crippen LogP contribution >= 0.6 is 0 Å². The van der Waals surface area contributed by atoms with Crippen molar-refractivity contribution < 1.29 is 5.11 Å². The van der Waals surface area contributed by atoms with Crippen LogP contribution in [0.4, 0.5) is 0 Å². The second kappa shape index (κ2) is 8.14. The van der Waals surface area contributed by atoms with Crippen molar-refractivity contribution in [2.75, 3.05) is 0 Å². The molecule has 0 atom stereocenters. The van der Waals surface area contributed by atoms with Crippen molar-refractivity contribution >= 4 is 16.9 Å². The van der Waals surface area contributed by atoms with Crippen molar-refractivity contribution in [3.8, 4) is 5.88 Å². The molecule has 168 valence electrons. The highest BCUT2D eigenvalue weighted by molar-refractivity contribution is 5.76. The van der Waals surface area contributed by atoms with Gasteiger partial charge in [0.15, 0.2) is 11.2 Å². The Balaban J connectivity index is 2.20. The maximum atomic E-state index is 13.4. The third-order valence-corrected chi connectivity index (χ3v) is 5.58. The van der Waals surface area contributed by atoms with Gasteiger partial charge < -0.3 is 5.11 Å². The van der Waals surface area contributed by atoms with E-state index in [1.54, 1.807) is 0 Å². The Morgan fingerprint density at radius 3 is 2.34 bits per heavy atom. The second-order valence-electron chi connectivity index (χ2n) is 8.50. The predicted octanol–water partition coefficient (Wildman–Crippen LogP) is 1.87. The summed E-state index contributed by atoms with van der Waals surface area (Å²) in [5.74, 6) is -0.0501. The molecule has 0 aliphatic heterocycles. The number of benzene rings is 1. The van der Waals surface area contributed by atoms with Gasteiger partial charge in [0.05, 0.1) is 12.1 Å². The van der Waals surface area contributed by atoms with Crippen molar-refractivity contribution in [3.05, 3.63) is 72.7 Å². The molecule has 9 heteroatoms. The zero-order chi connectivity index (χ0) is 23.2. The molecule has 1 aromatic carbocycles. The van der Waals surface area contributed by atoms with E-state index in [1.807, 2.05) is 51.1 Å². The van der Waals surface area contributed by atoms with Gasteiger partial charge in [-0.3, -0.25) is 23.3 Å². The van der Waals surface area contributed by atoms with Gasteiger partial charge in [-0.2, -0.15) is 4.98 Å². The number of aromatic nitrogens is 5. The second-order valence-corrected chi connectivity index (χ2v) is 8.50. The summed E-state index contributed by atoms with van der Waals surface area (Å²) in [6.45, 7) is 6.40. The van der Waals surface area contributed by atoms with Crippen LogP contribution in [0.15, 0.2) is 44.7 Å². The van der Waals surface area contributed by atoms with Gasteiger partial charge in [0, 0.05) is 13.6 Å². The highest BCUT2D eigenvalue weighted by Crippen LogP contribution is 2.23. The molecule has 0 saturated carbocycles. The first-order valence-corrected chi connectivity index (χ1v) is 10.8. The van der Waals surface area contributed by atoms with Crippen LogP contribution in [-0.2, 0) is 26.6 Å². The molecule has 0 aliphatic rings. The molecule has 3 heterocycles. The van der Waals surface area contributed by atoms with Crippen LogP contribution in [0.5, 0.6) is 5.88 Å². The standard InChI is InChI=1S/C23H27N5O4/c1-5-9-16-19(29)27(13-15-10-7-6-8-11-15)22-24-18-17(28(22)20(16)30)21(31)25(4)23(32)26(18)12-14(2)3/h6-8,10-11,14,30H,5,9,12-13H2,1-4H3. The van der Waals surface area contributed by atoms with E-state index in [0.717, 1.165) is 10.1 Å². The molecule has 0 spiro atoms. The molecule has 4 rings (SSSR count). The van der Waals surface area contributed by atoms with Gasteiger partial charge in [-0.1, -0.05) is 57.5 Å². The van der Waals surface area contributed by atoms with E-state index >= 15 is 0 Å². The average Bonchev–Trinajstić information content (AvgIpc) is 3.17. The molecule has 4 aromatic rings. The van der Waals surface area contributed by atoms with Gasteiger partial charge in [0.1, 0.15) is 0 Å². The minimum absolute atomic E-state index is 0.0828.